The summed E-state index contributed by atoms with van der Waals surface area (Å²) >= 11 is 1.03. The van der Waals surface area contributed by atoms with Crippen LogP contribution in [0.4, 0.5) is 10.3 Å². The molecule has 0 atom stereocenters. The fraction of sp³-hybridized carbons (Fsp3) is 0.182. The lowest BCUT2D eigenvalue weighted by molar-refractivity contribution is -0.133. The molecule has 8 heteroatoms. The summed E-state index contributed by atoms with van der Waals surface area (Å²) in [6.07, 6.45) is 0. The molecule has 0 aliphatic rings. The van der Waals surface area contributed by atoms with Gasteiger partial charge in [-0.25, -0.2) is 4.39 Å². The third-order valence-corrected chi connectivity index (χ3v) is 3.28. The normalized spacial score (nSPS) is 10.6. The molecule has 3 N–H and O–H groups in total. The van der Waals surface area contributed by atoms with Crippen LogP contribution in [0.2, 0.25) is 0 Å². The summed E-state index contributed by atoms with van der Waals surface area (Å²) in [6.45, 7) is 0.362. The first kappa shape index (κ1) is 13.3. The van der Waals surface area contributed by atoms with Gasteiger partial charge in [-0.3, -0.25) is 9.36 Å². The van der Waals surface area contributed by atoms with Crippen molar-refractivity contribution in [3.63, 3.8) is 0 Å². The molecule has 0 radical (unpaired) electrons. The molecule has 6 nitrogen and oxygen atoms in total. The van der Waals surface area contributed by atoms with E-state index in [0.717, 1.165) is 17.3 Å². The predicted octanol–water partition coefficient (Wildman–Crippen LogP) is 1.22. The largest absolute Gasteiger partial charge is 0.481 e. The molecule has 0 aliphatic heterocycles. The van der Waals surface area contributed by atoms with Crippen molar-refractivity contribution < 1.29 is 14.3 Å². The molecule has 2 aromatic rings. The van der Waals surface area contributed by atoms with Gasteiger partial charge in [0.2, 0.25) is 5.95 Å². The lowest BCUT2D eigenvalue weighted by Crippen LogP contribution is -2.07. The Morgan fingerprint density at radius 2 is 2.05 bits per heavy atom. The monoisotopic (exact) mass is 282 g/mol. The summed E-state index contributed by atoms with van der Waals surface area (Å²) in [5.74, 6) is -1.19. The van der Waals surface area contributed by atoms with Crippen molar-refractivity contribution in [1.29, 1.82) is 0 Å². The van der Waals surface area contributed by atoms with Crippen LogP contribution < -0.4 is 5.73 Å². The van der Waals surface area contributed by atoms with Crippen LogP contribution in [0.15, 0.2) is 29.4 Å². The smallest absolute Gasteiger partial charge is 0.313 e. The number of rotatable bonds is 5. The zero-order chi connectivity index (χ0) is 13.8. The Hall–Kier alpha value is -2.09. The molecule has 1 heterocycles. The molecule has 0 unspecified atom stereocenters. The number of aromatic nitrogens is 3. The molecular formula is C11H11FN4O2S. The van der Waals surface area contributed by atoms with E-state index >= 15 is 0 Å². The van der Waals surface area contributed by atoms with E-state index in [0.29, 0.717) is 11.7 Å². The van der Waals surface area contributed by atoms with Crippen molar-refractivity contribution in [3.8, 4) is 0 Å². The first-order valence-corrected chi connectivity index (χ1v) is 6.32. The van der Waals surface area contributed by atoms with Gasteiger partial charge in [-0.15, -0.1) is 10.2 Å². The molecule has 0 amide bonds. The third-order valence-electron chi connectivity index (χ3n) is 2.32. The first-order chi connectivity index (χ1) is 9.06. The molecule has 0 bridgehead atoms. The minimum atomic E-state index is -0.945. The van der Waals surface area contributed by atoms with Crippen molar-refractivity contribution in [1.82, 2.24) is 14.8 Å². The fourth-order valence-corrected chi connectivity index (χ4v) is 2.12. The number of hydrogen-bond donors (Lipinski definition) is 2. The maximum absolute atomic E-state index is 12.8. The van der Waals surface area contributed by atoms with E-state index in [1.807, 2.05) is 0 Å². The highest BCUT2D eigenvalue weighted by atomic mass is 32.2. The number of carboxylic acid groups (broad SMARTS) is 1. The lowest BCUT2D eigenvalue weighted by atomic mass is 10.2. The summed E-state index contributed by atoms with van der Waals surface area (Å²) in [4.78, 5) is 10.5. The second kappa shape index (κ2) is 5.70. The average Bonchev–Trinajstić information content (AvgIpc) is 2.71. The van der Waals surface area contributed by atoms with E-state index < -0.39 is 5.97 Å². The topological polar surface area (TPSA) is 94.0 Å². The van der Waals surface area contributed by atoms with E-state index in [4.69, 9.17) is 10.8 Å². The van der Waals surface area contributed by atoms with Gasteiger partial charge >= 0.3 is 5.97 Å². The van der Waals surface area contributed by atoms with Crippen LogP contribution in [0.25, 0.3) is 0 Å². The van der Waals surface area contributed by atoms with Gasteiger partial charge in [0.25, 0.3) is 0 Å². The van der Waals surface area contributed by atoms with Crippen LogP contribution in [-0.4, -0.2) is 31.6 Å². The Kier molecular flexibility index (Phi) is 4.00. The molecule has 0 saturated heterocycles. The SMILES string of the molecule is Nc1nnc(SCC(=O)O)n1Cc1ccc(F)cc1. The second-order valence-corrected chi connectivity index (χ2v) is 4.68. The molecule has 1 aromatic carbocycles. The van der Waals surface area contributed by atoms with Gasteiger partial charge in [-0.1, -0.05) is 23.9 Å². The van der Waals surface area contributed by atoms with Gasteiger partial charge in [0.1, 0.15) is 5.82 Å². The maximum atomic E-state index is 12.8. The van der Waals surface area contributed by atoms with Crippen molar-refractivity contribution in [2.45, 2.75) is 11.7 Å². The summed E-state index contributed by atoms with van der Waals surface area (Å²) in [5.41, 5.74) is 6.50. The van der Waals surface area contributed by atoms with E-state index in [2.05, 4.69) is 10.2 Å². The minimum Gasteiger partial charge on any atom is -0.481 e. The van der Waals surface area contributed by atoms with Crippen LogP contribution in [0, 0.1) is 5.82 Å². The molecule has 0 spiro atoms. The molecule has 100 valence electrons. The zero-order valence-electron chi connectivity index (χ0n) is 9.78. The Bertz CT molecular complexity index is 585. The Morgan fingerprint density at radius 1 is 1.37 bits per heavy atom. The second-order valence-electron chi connectivity index (χ2n) is 3.74. The number of nitrogens with two attached hydrogens (primary N) is 1. The Balaban J connectivity index is 2.16. The van der Waals surface area contributed by atoms with E-state index in [-0.39, 0.29) is 17.5 Å². The molecule has 0 aliphatic carbocycles. The Labute approximate surface area is 112 Å². The van der Waals surface area contributed by atoms with Gasteiger partial charge in [0, 0.05) is 0 Å². The number of halogens is 1. The van der Waals surface area contributed by atoms with Crippen LogP contribution in [0.5, 0.6) is 0 Å². The third kappa shape index (κ3) is 3.44. The number of benzene rings is 1. The van der Waals surface area contributed by atoms with Gasteiger partial charge in [-0.05, 0) is 17.7 Å². The Morgan fingerprint density at radius 3 is 2.68 bits per heavy atom. The molecule has 1 aromatic heterocycles. The van der Waals surface area contributed by atoms with Crippen molar-refractivity contribution in [2.24, 2.45) is 0 Å². The maximum Gasteiger partial charge on any atom is 0.313 e. The summed E-state index contributed by atoms with van der Waals surface area (Å²) in [5, 5.41) is 16.6. The lowest BCUT2D eigenvalue weighted by Gasteiger charge is -2.07. The number of hydrogen-bond acceptors (Lipinski definition) is 5. The van der Waals surface area contributed by atoms with E-state index in [1.54, 1.807) is 16.7 Å². The molecule has 0 saturated carbocycles. The van der Waals surface area contributed by atoms with Gasteiger partial charge in [0.15, 0.2) is 5.16 Å². The molecule has 0 fully saturated rings. The highest BCUT2D eigenvalue weighted by molar-refractivity contribution is 7.99. The number of carboxylic acids is 1. The van der Waals surface area contributed by atoms with Gasteiger partial charge in [0.05, 0.1) is 12.3 Å². The quantitative estimate of drug-likeness (QED) is 0.801. The number of anilines is 1. The van der Waals surface area contributed by atoms with E-state index in [1.165, 1.54) is 12.1 Å². The number of carbonyl (C=O) groups is 1. The van der Waals surface area contributed by atoms with Crippen LogP contribution in [-0.2, 0) is 11.3 Å². The standard InChI is InChI=1S/C11H11FN4O2S/c12-8-3-1-7(2-4-8)5-16-10(13)14-15-11(16)19-6-9(17)18/h1-4H,5-6H2,(H2,13,14)(H,17,18). The van der Waals surface area contributed by atoms with Crippen molar-refractivity contribution >= 4 is 23.7 Å². The first-order valence-electron chi connectivity index (χ1n) is 5.34. The average molecular weight is 282 g/mol. The van der Waals surface area contributed by atoms with Crippen LogP contribution >= 0.6 is 11.8 Å². The van der Waals surface area contributed by atoms with Crippen LogP contribution in [0.1, 0.15) is 5.56 Å². The minimum absolute atomic E-state index is 0.123. The molecule has 19 heavy (non-hydrogen) atoms. The number of nitrogen functional groups attached to an aromatic ring is 1. The number of thioether (sulfide) groups is 1. The molecule has 2 rings (SSSR count). The van der Waals surface area contributed by atoms with Crippen molar-refractivity contribution in [2.75, 3.05) is 11.5 Å². The number of nitrogens with zero attached hydrogens (tertiary/aromatic N) is 3. The van der Waals surface area contributed by atoms with Crippen LogP contribution in [0.3, 0.4) is 0 Å². The zero-order valence-corrected chi connectivity index (χ0v) is 10.6. The highest BCUT2D eigenvalue weighted by Crippen LogP contribution is 2.19. The highest BCUT2D eigenvalue weighted by Gasteiger charge is 2.12. The summed E-state index contributed by atoms with van der Waals surface area (Å²) < 4.78 is 14.4. The fourth-order valence-electron chi connectivity index (χ4n) is 1.45. The summed E-state index contributed by atoms with van der Waals surface area (Å²) in [6, 6.07) is 5.95. The number of aliphatic carboxylic acids is 1. The van der Waals surface area contributed by atoms with Gasteiger partial charge in [-0.2, -0.15) is 0 Å². The predicted molar refractivity (Wildman–Crippen MR) is 68.3 cm³/mol. The molecular weight excluding hydrogens is 271 g/mol. The van der Waals surface area contributed by atoms with Crippen molar-refractivity contribution in [3.05, 3.63) is 35.6 Å². The summed E-state index contributed by atoms with van der Waals surface area (Å²) in [7, 11) is 0. The van der Waals surface area contributed by atoms with Gasteiger partial charge < -0.3 is 10.8 Å². The van der Waals surface area contributed by atoms with E-state index in [9.17, 15) is 9.18 Å².